The molecule has 1 aromatic rings. The smallest absolute Gasteiger partial charge is 0.357 e. The third kappa shape index (κ3) is 1.56. The number of nitrogens with zero attached hydrogens (tertiary/aromatic N) is 2. The maximum atomic E-state index is 10.5. The number of aromatic nitrogens is 1. The third-order valence-electron chi connectivity index (χ3n) is 2.15. The minimum absolute atomic E-state index is 0.110. The number of hydrogen-bond acceptors (Lipinski definition) is 5. The lowest BCUT2D eigenvalue weighted by Crippen LogP contribution is -2.21. The molecule has 2 N–H and O–H groups in total. The number of carboxylic acid groups (broad SMARTS) is 1. The molecule has 0 spiro atoms. The highest BCUT2D eigenvalue weighted by molar-refractivity contribution is 5.85. The molecule has 1 aromatic heterocycles. The van der Waals surface area contributed by atoms with E-state index in [4.69, 9.17) is 9.52 Å². The lowest BCUT2D eigenvalue weighted by atomic mass is 10.3. The van der Waals surface area contributed by atoms with Gasteiger partial charge in [-0.05, 0) is 6.42 Å². The van der Waals surface area contributed by atoms with E-state index in [1.165, 1.54) is 0 Å². The molecule has 0 radical (unpaired) electrons. The van der Waals surface area contributed by atoms with Crippen molar-refractivity contribution in [3.05, 3.63) is 12.0 Å². The van der Waals surface area contributed by atoms with Gasteiger partial charge in [0, 0.05) is 13.1 Å². The molecule has 1 unspecified atom stereocenters. The normalized spacial score (nSPS) is 21.5. The van der Waals surface area contributed by atoms with Gasteiger partial charge in [-0.2, -0.15) is 4.98 Å². The maximum Gasteiger partial charge on any atom is 0.357 e. The highest BCUT2D eigenvalue weighted by atomic mass is 16.4. The summed E-state index contributed by atoms with van der Waals surface area (Å²) < 4.78 is 4.98. The van der Waals surface area contributed by atoms with Crippen LogP contribution in [0.25, 0.3) is 0 Å². The van der Waals surface area contributed by atoms with Gasteiger partial charge in [0.25, 0.3) is 6.01 Å². The molecule has 6 heteroatoms. The number of oxazole rings is 1. The zero-order valence-corrected chi connectivity index (χ0v) is 7.38. The van der Waals surface area contributed by atoms with Gasteiger partial charge >= 0.3 is 5.97 Å². The van der Waals surface area contributed by atoms with Crippen LogP contribution in [-0.2, 0) is 0 Å². The van der Waals surface area contributed by atoms with Gasteiger partial charge in [0.05, 0.1) is 6.10 Å². The summed E-state index contributed by atoms with van der Waals surface area (Å²) in [5.74, 6) is -1.11. The molecule has 14 heavy (non-hydrogen) atoms. The molecule has 0 aliphatic carbocycles. The van der Waals surface area contributed by atoms with Crippen LogP contribution in [0.15, 0.2) is 10.7 Å². The van der Waals surface area contributed by atoms with Gasteiger partial charge < -0.3 is 19.5 Å². The van der Waals surface area contributed by atoms with Crippen LogP contribution < -0.4 is 4.90 Å². The monoisotopic (exact) mass is 198 g/mol. The van der Waals surface area contributed by atoms with Gasteiger partial charge in [-0.25, -0.2) is 4.79 Å². The van der Waals surface area contributed by atoms with Gasteiger partial charge in [-0.1, -0.05) is 0 Å². The fourth-order valence-electron chi connectivity index (χ4n) is 1.42. The first-order valence-corrected chi connectivity index (χ1v) is 4.28. The Morgan fingerprint density at radius 3 is 3.00 bits per heavy atom. The average molecular weight is 198 g/mol. The Morgan fingerprint density at radius 2 is 2.50 bits per heavy atom. The molecule has 0 saturated carbocycles. The van der Waals surface area contributed by atoms with Gasteiger partial charge in [-0.15, -0.1) is 0 Å². The van der Waals surface area contributed by atoms with Gasteiger partial charge in [0.15, 0.2) is 5.69 Å². The topological polar surface area (TPSA) is 86.8 Å². The number of carboxylic acids is 1. The predicted molar refractivity (Wildman–Crippen MR) is 46.3 cm³/mol. The molecule has 2 rings (SSSR count). The summed E-state index contributed by atoms with van der Waals surface area (Å²) in [5, 5.41) is 17.9. The van der Waals surface area contributed by atoms with Crippen LogP contribution >= 0.6 is 0 Å². The van der Waals surface area contributed by atoms with Crippen LogP contribution in [0.4, 0.5) is 6.01 Å². The van der Waals surface area contributed by atoms with Crippen molar-refractivity contribution in [2.75, 3.05) is 18.0 Å². The van der Waals surface area contributed by atoms with Gasteiger partial charge in [0.1, 0.15) is 6.26 Å². The van der Waals surface area contributed by atoms with Crippen LogP contribution in [0.1, 0.15) is 16.9 Å². The van der Waals surface area contributed by atoms with Crippen LogP contribution in [0, 0.1) is 0 Å². The fourth-order valence-corrected chi connectivity index (χ4v) is 1.42. The number of rotatable bonds is 2. The lowest BCUT2D eigenvalue weighted by Gasteiger charge is -2.10. The molecule has 6 nitrogen and oxygen atoms in total. The summed E-state index contributed by atoms with van der Waals surface area (Å²) in [4.78, 5) is 16.0. The Kier molecular flexibility index (Phi) is 2.12. The molecule has 1 aliphatic heterocycles. The van der Waals surface area contributed by atoms with Crippen molar-refractivity contribution in [3.8, 4) is 0 Å². The first kappa shape index (κ1) is 9.01. The number of aliphatic hydroxyl groups excluding tert-OH is 1. The van der Waals surface area contributed by atoms with Crippen molar-refractivity contribution in [2.45, 2.75) is 12.5 Å². The second-order valence-electron chi connectivity index (χ2n) is 3.21. The Labute approximate surface area is 79.8 Å². The fraction of sp³-hybridized carbons (Fsp3) is 0.500. The number of anilines is 1. The van der Waals surface area contributed by atoms with E-state index in [1.54, 1.807) is 4.90 Å². The van der Waals surface area contributed by atoms with E-state index in [-0.39, 0.29) is 17.8 Å². The van der Waals surface area contributed by atoms with E-state index in [0.29, 0.717) is 19.5 Å². The van der Waals surface area contributed by atoms with Gasteiger partial charge in [0.2, 0.25) is 0 Å². The summed E-state index contributed by atoms with van der Waals surface area (Å²) in [7, 11) is 0. The van der Waals surface area contributed by atoms with E-state index in [0.717, 1.165) is 6.26 Å². The Hall–Kier alpha value is -1.56. The highest BCUT2D eigenvalue weighted by Crippen LogP contribution is 2.19. The second kappa shape index (κ2) is 3.30. The van der Waals surface area contributed by atoms with Crippen molar-refractivity contribution >= 4 is 12.0 Å². The van der Waals surface area contributed by atoms with Crippen LogP contribution in [0.2, 0.25) is 0 Å². The standard InChI is InChI=1S/C8H10N2O4/c11-5-1-2-10(3-5)8-9-6(4-14-8)7(12)13/h4-5,11H,1-3H2,(H,12,13). The molecule has 0 bridgehead atoms. The molecule has 1 saturated heterocycles. The van der Waals surface area contributed by atoms with Crippen molar-refractivity contribution in [1.29, 1.82) is 0 Å². The molecule has 1 atom stereocenters. The SMILES string of the molecule is O=C(O)c1coc(N2CCC(O)C2)n1. The van der Waals surface area contributed by atoms with Crippen molar-refractivity contribution in [3.63, 3.8) is 0 Å². The van der Waals surface area contributed by atoms with E-state index in [9.17, 15) is 9.90 Å². The van der Waals surface area contributed by atoms with Crippen molar-refractivity contribution < 1.29 is 19.4 Å². The minimum atomic E-state index is -1.11. The molecule has 1 aliphatic rings. The van der Waals surface area contributed by atoms with Crippen molar-refractivity contribution in [1.82, 2.24) is 4.98 Å². The van der Waals surface area contributed by atoms with Crippen LogP contribution in [-0.4, -0.2) is 40.4 Å². The van der Waals surface area contributed by atoms with Crippen LogP contribution in [0.5, 0.6) is 0 Å². The number of aliphatic hydroxyl groups is 1. The highest BCUT2D eigenvalue weighted by Gasteiger charge is 2.24. The zero-order valence-electron chi connectivity index (χ0n) is 7.38. The molecule has 0 amide bonds. The van der Waals surface area contributed by atoms with E-state index < -0.39 is 5.97 Å². The van der Waals surface area contributed by atoms with Crippen molar-refractivity contribution in [2.24, 2.45) is 0 Å². The quantitative estimate of drug-likeness (QED) is 0.692. The molecule has 1 fully saturated rings. The number of hydrogen-bond donors (Lipinski definition) is 2. The Bertz CT molecular complexity index is 349. The summed E-state index contributed by atoms with van der Waals surface area (Å²) >= 11 is 0. The molecular formula is C8H10N2O4. The molecule has 0 aromatic carbocycles. The summed E-state index contributed by atoms with van der Waals surface area (Å²) in [6.45, 7) is 1.08. The third-order valence-corrected chi connectivity index (χ3v) is 2.15. The summed E-state index contributed by atoms with van der Waals surface area (Å²) in [6.07, 6.45) is 1.38. The summed E-state index contributed by atoms with van der Waals surface area (Å²) in [6, 6.07) is 0.263. The largest absolute Gasteiger partial charge is 0.476 e. The first-order chi connectivity index (χ1) is 6.66. The van der Waals surface area contributed by atoms with Gasteiger partial charge in [-0.3, -0.25) is 0 Å². The Morgan fingerprint density at radius 1 is 1.71 bits per heavy atom. The molecular weight excluding hydrogens is 188 g/mol. The predicted octanol–water partition coefficient (Wildman–Crippen LogP) is -0.0562. The number of β-amino-alcohol motifs (C(OH)–C–C–N with tert-alkyl or cyclic N) is 1. The lowest BCUT2D eigenvalue weighted by molar-refractivity contribution is 0.0690. The average Bonchev–Trinajstić information content (AvgIpc) is 2.70. The van der Waals surface area contributed by atoms with Crippen LogP contribution in [0.3, 0.4) is 0 Å². The van der Waals surface area contributed by atoms with E-state index in [2.05, 4.69) is 4.98 Å². The maximum absolute atomic E-state index is 10.5. The van der Waals surface area contributed by atoms with E-state index in [1.807, 2.05) is 0 Å². The summed E-state index contributed by atoms with van der Waals surface area (Å²) in [5.41, 5.74) is -0.110. The zero-order chi connectivity index (χ0) is 10.1. The minimum Gasteiger partial charge on any atom is -0.476 e. The van der Waals surface area contributed by atoms with E-state index >= 15 is 0 Å². The number of aromatic carboxylic acids is 1. The first-order valence-electron chi connectivity index (χ1n) is 4.28. The number of carbonyl (C=O) groups is 1. The Balaban J connectivity index is 2.13. The second-order valence-corrected chi connectivity index (χ2v) is 3.21. The molecule has 2 heterocycles. The molecule has 76 valence electrons.